The molecule has 0 radical (unpaired) electrons. The molecular weight excluding hydrogens is 240 g/mol. The first-order valence-electron chi connectivity index (χ1n) is 6.48. The zero-order valence-corrected chi connectivity index (χ0v) is 11.6. The van der Waals surface area contributed by atoms with Crippen molar-refractivity contribution in [3.63, 3.8) is 0 Å². The van der Waals surface area contributed by atoms with Crippen molar-refractivity contribution in [2.45, 2.75) is 19.4 Å². The molecule has 0 fully saturated rings. The Morgan fingerprint density at radius 3 is 2.89 bits per heavy atom. The summed E-state index contributed by atoms with van der Waals surface area (Å²) in [5.41, 5.74) is 1.05. The van der Waals surface area contributed by atoms with Crippen LogP contribution in [0.2, 0.25) is 0 Å². The van der Waals surface area contributed by atoms with E-state index in [-0.39, 0.29) is 6.04 Å². The highest BCUT2D eigenvalue weighted by Gasteiger charge is 2.17. The Morgan fingerprint density at radius 1 is 1.42 bits per heavy atom. The smallest absolute Gasteiger partial charge is 0.137 e. The molecule has 1 atom stereocenters. The number of hydrogen-bond donors (Lipinski definition) is 1. The fourth-order valence-corrected chi connectivity index (χ4v) is 1.99. The number of aryl methyl sites for hydroxylation is 1. The molecule has 1 N–H and O–H groups in total. The first-order chi connectivity index (χ1) is 9.26. The molecule has 0 saturated heterocycles. The summed E-state index contributed by atoms with van der Waals surface area (Å²) in [4.78, 5) is 8.63. The van der Waals surface area contributed by atoms with Crippen molar-refractivity contribution in [3.05, 3.63) is 42.2 Å². The molecule has 2 aromatic heterocycles. The highest BCUT2D eigenvalue weighted by molar-refractivity contribution is 5.29. The van der Waals surface area contributed by atoms with Crippen LogP contribution in [0.15, 0.2) is 30.9 Å². The van der Waals surface area contributed by atoms with E-state index < -0.39 is 0 Å². The second kappa shape index (κ2) is 6.33. The number of imidazole rings is 1. The maximum absolute atomic E-state index is 5.62. The highest BCUT2D eigenvalue weighted by atomic mass is 16.5. The zero-order valence-electron chi connectivity index (χ0n) is 11.6. The number of aromatic nitrogens is 3. The van der Waals surface area contributed by atoms with Crippen LogP contribution in [0.3, 0.4) is 0 Å². The van der Waals surface area contributed by atoms with Gasteiger partial charge < -0.3 is 14.6 Å². The fraction of sp³-hybridized carbons (Fsp3) is 0.429. The van der Waals surface area contributed by atoms with E-state index in [1.54, 1.807) is 12.4 Å². The number of hydrogen-bond acceptors (Lipinski definition) is 4. The lowest BCUT2D eigenvalue weighted by Gasteiger charge is -2.17. The number of ether oxygens (including phenoxy) is 1. The highest BCUT2D eigenvalue weighted by Crippen LogP contribution is 2.22. The lowest BCUT2D eigenvalue weighted by atomic mass is 10.1. The first-order valence-corrected chi connectivity index (χ1v) is 6.48. The molecule has 0 aromatic carbocycles. The van der Waals surface area contributed by atoms with Gasteiger partial charge in [0.15, 0.2) is 0 Å². The Balaban J connectivity index is 2.26. The minimum absolute atomic E-state index is 0.0117. The van der Waals surface area contributed by atoms with Crippen LogP contribution in [0.5, 0.6) is 5.75 Å². The van der Waals surface area contributed by atoms with Gasteiger partial charge in [0.05, 0.1) is 18.8 Å². The van der Waals surface area contributed by atoms with Crippen LogP contribution in [0.25, 0.3) is 0 Å². The normalized spacial score (nSPS) is 12.4. The Bertz CT molecular complexity index is 524. The molecule has 2 rings (SSSR count). The van der Waals surface area contributed by atoms with Crippen molar-refractivity contribution in [2.75, 3.05) is 13.7 Å². The molecule has 5 heteroatoms. The molecule has 0 aliphatic carbocycles. The molecule has 0 amide bonds. The molecule has 19 heavy (non-hydrogen) atoms. The van der Waals surface area contributed by atoms with Gasteiger partial charge in [-0.1, -0.05) is 6.92 Å². The standard InChI is InChI=1S/C14H20N4O/c1-4-7-19-12-8-11(9-16-10-12)13(15-2)14-17-5-6-18(14)3/h5-6,8-10,13,15H,4,7H2,1-3H3. The molecule has 0 spiro atoms. The van der Waals surface area contributed by atoms with Crippen molar-refractivity contribution >= 4 is 0 Å². The summed E-state index contributed by atoms with van der Waals surface area (Å²) in [7, 11) is 3.90. The Kier molecular flexibility index (Phi) is 4.52. The third-order valence-electron chi connectivity index (χ3n) is 2.95. The summed E-state index contributed by atoms with van der Waals surface area (Å²) in [6.45, 7) is 2.79. The molecule has 0 bridgehead atoms. The summed E-state index contributed by atoms with van der Waals surface area (Å²) in [6, 6.07) is 2.02. The third kappa shape index (κ3) is 3.12. The van der Waals surface area contributed by atoms with Crippen LogP contribution in [-0.2, 0) is 7.05 Å². The molecule has 0 aliphatic rings. The van der Waals surface area contributed by atoms with E-state index in [1.165, 1.54) is 0 Å². The molecular formula is C14H20N4O. The van der Waals surface area contributed by atoms with E-state index >= 15 is 0 Å². The van der Waals surface area contributed by atoms with Crippen molar-refractivity contribution in [2.24, 2.45) is 7.05 Å². The fourth-order valence-electron chi connectivity index (χ4n) is 1.99. The summed E-state index contributed by atoms with van der Waals surface area (Å²) in [5, 5.41) is 3.27. The second-order valence-corrected chi connectivity index (χ2v) is 4.42. The quantitative estimate of drug-likeness (QED) is 0.862. The van der Waals surface area contributed by atoms with E-state index in [4.69, 9.17) is 4.74 Å². The van der Waals surface area contributed by atoms with Crippen LogP contribution >= 0.6 is 0 Å². The van der Waals surface area contributed by atoms with Gasteiger partial charge in [-0.15, -0.1) is 0 Å². The average molecular weight is 260 g/mol. The predicted octanol–water partition coefficient (Wildman–Crippen LogP) is 1.91. The Hall–Kier alpha value is -1.88. The van der Waals surface area contributed by atoms with Crippen molar-refractivity contribution in [1.29, 1.82) is 0 Å². The minimum atomic E-state index is 0.0117. The maximum atomic E-state index is 5.62. The van der Waals surface area contributed by atoms with Gasteiger partial charge in [-0.2, -0.15) is 0 Å². The zero-order chi connectivity index (χ0) is 13.7. The largest absolute Gasteiger partial charge is 0.492 e. The Labute approximate surface area is 113 Å². The molecule has 5 nitrogen and oxygen atoms in total. The third-order valence-corrected chi connectivity index (χ3v) is 2.95. The van der Waals surface area contributed by atoms with Gasteiger partial charge in [0, 0.05) is 25.6 Å². The molecule has 2 heterocycles. The number of pyridine rings is 1. The number of nitrogens with zero attached hydrogens (tertiary/aromatic N) is 3. The van der Waals surface area contributed by atoms with Gasteiger partial charge >= 0.3 is 0 Å². The van der Waals surface area contributed by atoms with Gasteiger partial charge in [0.1, 0.15) is 11.6 Å². The van der Waals surface area contributed by atoms with Gasteiger partial charge in [0.25, 0.3) is 0 Å². The monoisotopic (exact) mass is 260 g/mol. The molecule has 0 aliphatic heterocycles. The molecule has 102 valence electrons. The van der Waals surface area contributed by atoms with Crippen LogP contribution in [0.1, 0.15) is 30.8 Å². The van der Waals surface area contributed by atoms with Crippen LogP contribution in [0.4, 0.5) is 0 Å². The average Bonchev–Trinajstić information content (AvgIpc) is 2.84. The summed E-state index contributed by atoms with van der Waals surface area (Å²) in [5.74, 6) is 1.76. The predicted molar refractivity (Wildman–Crippen MR) is 74.1 cm³/mol. The first kappa shape index (κ1) is 13.5. The van der Waals surface area contributed by atoms with Gasteiger partial charge in [-0.25, -0.2) is 4.98 Å². The van der Waals surface area contributed by atoms with Gasteiger partial charge in [0.2, 0.25) is 0 Å². The lowest BCUT2D eigenvalue weighted by Crippen LogP contribution is -2.21. The molecule has 1 unspecified atom stereocenters. The molecule has 2 aromatic rings. The summed E-state index contributed by atoms with van der Waals surface area (Å²) < 4.78 is 7.62. The SMILES string of the molecule is CCCOc1cncc(C(NC)c2nccn2C)c1. The van der Waals surface area contributed by atoms with Crippen molar-refractivity contribution in [1.82, 2.24) is 19.9 Å². The van der Waals surface area contributed by atoms with E-state index in [1.807, 2.05) is 37.1 Å². The van der Waals surface area contributed by atoms with Crippen LogP contribution in [-0.4, -0.2) is 28.2 Å². The van der Waals surface area contributed by atoms with E-state index in [0.29, 0.717) is 6.61 Å². The Morgan fingerprint density at radius 2 is 2.26 bits per heavy atom. The van der Waals surface area contributed by atoms with Gasteiger partial charge in [-0.3, -0.25) is 4.98 Å². The minimum Gasteiger partial charge on any atom is -0.492 e. The van der Waals surface area contributed by atoms with E-state index in [0.717, 1.165) is 23.6 Å². The van der Waals surface area contributed by atoms with E-state index in [9.17, 15) is 0 Å². The maximum Gasteiger partial charge on any atom is 0.137 e. The van der Waals surface area contributed by atoms with Crippen LogP contribution in [0, 0.1) is 0 Å². The lowest BCUT2D eigenvalue weighted by molar-refractivity contribution is 0.315. The number of nitrogens with one attached hydrogen (secondary N) is 1. The van der Waals surface area contributed by atoms with E-state index in [2.05, 4.69) is 22.2 Å². The summed E-state index contributed by atoms with van der Waals surface area (Å²) in [6.07, 6.45) is 8.30. The van der Waals surface area contributed by atoms with Gasteiger partial charge in [-0.05, 0) is 25.1 Å². The van der Waals surface area contributed by atoms with Crippen molar-refractivity contribution < 1.29 is 4.74 Å². The van der Waals surface area contributed by atoms with Crippen LogP contribution < -0.4 is 10.1 Å². The molecule has 0 saturated carbocycles. The topological polar surface area (TPSA) is 52.0 Å². The number of rotatable bonds is 6. The van der Waals surface area contributed by atoms with Crippen molar-refractivity contribution in [3.8, 4) is 5.75 Å². The summed E-state index contributed by atoms with van der Waals surface area (Å²) >= 11 is 0. The second-order valence-electron chi connectivity index (χ2n) is 4.42.